The van der Waals surface area contributed by atoms with E-state index in [1.165, 1.54) is 5.56 Å². The fraction of sp³-hybridized carbons (Fsp3) is 0.294. The first kappa shape index (κ1) is 13.6. The summed E-state index contributed by atoms with van der Waals surface area (Å²) in [5.41, 5.74) is 2.80. The summed E-state index contributed by atoms with van der Waals surface area (Å²) in [7, 11) is 1.64. The van der Waals surface area contributed by atoms with Gasteiger partial charge in [-0.1, -0.05) is 13.0 Å². The number of rotatable bonds is 2. The molecule has 0 N–H and O–H groups in total. The van der Waals surface area contributed by atoms with Crippen LogP contribution in [0.1, 0.15) is 22.8 Å². The first-order valence-corrected chi connectivity index (χ1v) is 7.08. The van der Waals surface area contributed by atoms with E-state index in [-0.39, 0.29) is 5.91 Å². The number of nitrogens with zero attached hydrogens (tertiary/aromatic N) is 2. The summed E-state index contributed by atoms with van der Waals surface area (Å²) in [4.78, 5) is 18.6. The van der Waals surface area contributed by atoms with E-state index in [9.17, 15) is 4.79 Å². The van der Waals surface area contributed by atoms with Gasteiger partial charge in [0.25, 0.3) is 5.91 Å². The summed E-state index contributed by atoms with van der Waals surface area (Å²) < 4.78 is 5.29. The van der Waals surface area contributed by atoms with E-state index in [0.29, 0.717) is 11.5 Å². The second kappa shape index (κ2) is 5.56. The zero-order valence-corrected chi connectivity index (χ0v) is 12.2. The van der Waals surface area contributed by atoms with Crippen LogP contribution in [0.5, 0.6) is 5.75 Å². The van der Waals surface area contributed by atoms with Crippen LogP contribution >= 0.6 is 0 Å². The van der Waals surface area contributed by atoms with Crippen LogP contribution < -0.4 is 9.64 Å². The molecule has 0 spiro atoms. The van der Waals surface area contributed by atoms with E-state index < -0.39 is 0 Å². The Bertz CT molecular complexity index is 655. The minimum Gasteiger partial charge on any atom is -0.497 e. The van der Waals surface area contributed by atoms with Crippen molar-refractivity contribution in [2.45, 2.75) is 13.3 Å². The normalized spacial score (nSPS) is 17.2. The molecule has 3 rings (SSSR count). The highest BCUT2D eigenvalue weighted by Gasteiger charge is 2.27. The smallest absolute Gasteiger partial charge is 0.258 e. The molecular formula is C17H18N2O2. The third kappa shape index (κ3) is 2.61. The Balaban J connectivity index is 2.02. The van der Waals surface area contributed by atoms with Crippen molar-refractivity contribution in [3.8, 4) is 5.75 Å². The van der Waals surface area contributed by atoms with Gasteiger partial charge in [0, 0.05) is 30.6 Å². The standard InChI is InChI=1S/C17H18N2O2/c1-12-9-14-3-4-15(21-2)10-16(14)19(11-12)17(20)13-5-7-18-8-6-13/h3-8,10,12H,9,11H2,1-2H3. The number of pyridine rings is 1. The van der Waals surface area contributed by atoms with E-state index >= 15 is 0 Å². The molecule has 0 saturated heterocycles. The molecule has 2 aromatic rings. The van der Waals surface area contributed by atoms with Gasteiger partial charge in [0.2, 0.25) is 0 Å². The predicted molar refractivity (Wildman–Crippen MR) is 81.8 cm³/mol. The molecule has 0 radical (unpaired) electrons. The second-order valence-electron chi connectivity index (χ2n) is 5.46. The van der Waals surface area contributed by atoms with Gasteiger partial charge in [-0.25, -0.2) is 0 Å². The number of methoxy groups -OCH3 is 1. The number of anilines is 1. The molecule has 108 valence electrons. The molecular weight excluding hydrogens is 264 g/mol. The second-order valence-corrected chi connectivity index (χ2v) is 5.46. The maximum Gasteiger partial charge on any atom is 0.258 e. The van der Waals surface area contributed by atoms with Gasteiger partial charge >= 0.3 is 0 Å². The van der Waals surface area contributed by atoms with Crippen LogP contribution in [0, 0.1) is 5.92 Å². The number of carbonyl (C=O) groups excluding carboxylic acids is 1. The summed E-state index contributed by atoms with van der Waals surface area (Å²) in [6, 6.07) is 9.45. The van der Waals surface area contributed by atoms with Crippen LogP contribution in [-0.2, 0) is 6.42 Å². The summed E-state index contributed by atoms with van der Waals surface area (Å²) in [5.74, 6) is 1.23. The molecule has 0 bridgehead atoms. The van der Waals surface area contributed by atoms with Crippen LogP contribution in [0.4, 0.5) is 5.69 Å². The minimum atomic E-state index is 0.0125. The maximum absolute atomic E-state index is 12.8. The Kier molecular flexibility index (Phi) is 3.60. The highest BCUT2D eigenvalue weighted by Crippen LogP contribution is 2.33. The van der Waals surface area contributed by atoms with Crippen LogP contribution in [0.3, 0.4) is 0 Å². The summed E-state index contributed by atoms with van der Waals surface area (Å²) in [6.07, 6.45) is 4.28. The third-order valence-electron chi connectivity index (χ3n) is 3.82. The lowest BCUT2D eigenvalue weighted by atomic mass is 9.93. The first-order chi connectivity index (χ1) is 10.2. The quantitative estimate of drug-likeness (QED) is 0.850. The molecule has 1 aromatic heterocycles. The molecule has 0 aliphatic carbocycles. The summed E-state index contributed by atoms with van der Waals surface area (Å²) >= 11 is 0. The number of benzene rings is 1. The molecule has 21 heavy (non-hydrogen) atoms. The van der Waals surface area contributed by atoms with Gasteiger partial charge in [0.1, 0.15) is 5.75 Å². The Hall–Kier alpha value is -2.36. The maximum atomic E-state index is 12.8. The molecule has 1 aliphatic heterocycles. The molecule has 4 heteroatoms. The minimum absolute atomic E-state index is 0.0125. The first-order valence-electron chi connectivity index (χ1n) is 7.08. The number of amides is 1. The molecule has 4 nitrogen and oxygen atoms in total. The predicted octanol–water partition coefficient (Wildman–Crippen LogP) is 2.93. The van der Waals surface area contributed by atoms with Gasteiger partial charge in [-0.3, -0.25) is 9.78 Å². The molecule has 2 heterocycles. The number of aromatic nitrogens is 1. The monoisotopic (exact) mass is 282 g/mol. The van der Waals surface area contributed by atoms with Crippen LogP contribution in [-0.4, -0.2) is 24.5 Å². The average molecular weight is 282 g/mol. The van der Waals surface area contributed by atoms with Crippen LogP contribution in [0.15, 0.2) is 42.7 Å². The van der Waals surface area contributed by atoms with Crippen molar-refractivity contribution in [2.75, 3.05) is 18.6 Å². The van der Waals surface area contributed by atoms with Crippen molar-refractivity contribution in [3.63, 3.8) is 0 Å². The number of hydrogen-bond donors (Lipinski definition) is 0. The topological polar surface area (TPSA) is 42.4 Å². The van der Waals surface area contributed by atoms with Gasteiger partial charge in [-0.15, -0.1) is 0 Å². The molecule has 1 amide bonds. The number of carbonyl (C=O) groups is 1. The van der Waals surface area contributed by atoms with E-state index in [0.717, 1.165) is 24.4 Å². The summed E-state index contributed by atoms with van der Waals surface area (Å²) in [6.45, 7) is 2.89. The highest BCUT2D eigenvalue weighted by atomic mass is 16.5. The van der Waals surface area contributed by atoms with Gasteiger partial charge in [0.15, 0.2) is 0 Å². The largest absolute Gasteiger partial charge is 0.497 e. The Labute approximate surface area is 124 Å². The van der Waals surface area contributed by atoms with Crippen molar-refractivity contribution >= 4 is 11.6 Å². The van der Waals surface area contributed by atoms with Crippen molar-refractivity contribution in [3.05, 3.63) is 53.9 Å². The zero-order chi connectivity index (χ0) is 14.8. The fourth-order valence-electron chi connectivity index (χ4n) is 2.79. The van der Waals surface area contributed by atoms with E-state index in [1.807, 2.05) is 17.0 Å². The Morgan fingerprint density at radius 3 is 2.76 bits per heavy atom. The van der Waals surface area contributed by atoms with Crippen molar-refractivity contribution < 1.29 is 9.53 Å². The van der Waals surface area contributed by atoms with E-state index in [2.05, 4.69) is 18.0 Å². The van der Waals surface area contributed by atoms with Gasteiger partial charge in [0.05, 0.1) is 12.8 Å². The number of ether oxygens (including phenoxy) is 1. The summed E-state index contributed by atoms with van der Waals surface area (Å²) in [5, 5.41) is 0. The van der Waals surface area contributed by atoms with Gasteiger partial charge in [-0.05, 0) is 36.1 Å². The Morgan fingerprint density at radius 1 is 1.29 bits per heavy atom. The van der Waals surface area contributed by atoms with Crippen LogP contribution in [0.25, 0.3) is 0 Å². The fourth-order valence-corrected chi connectivity index (χ4v) is 2.79. The molecule has 1 unspecified atom stereocenters. The average Bonchev–Trinajstić information content (AvgIpc) is 2.53. The Morgan fingerprint density at radius 2 is 2.05 bits per heavy atom. The van der Waals surface area contributed by atoms with Crippen LogP contribution in [0.2, 0.25) is 0 Å². The molecule has 1 aromatic carbocycles. The van der Waals surface area contributed by atoms with E-state index in [1.54, 1.807) is 31.6 Å². The molecule has 1 aliphatic rings. The molecule has 0 fully saturated rings. The van der Waals surface area contributed by atoms with Crippen molar-refractivity contribution in [1.82, 2.24) is 4.98 Å². The molecule has 0 saturated carbocycles. The lowest BCUT2D eigenvalue weighted by Gasteiger charge is -2.33. The third-order valence-corrected chi connectivity index (χ3v) is 3.82. The number of fused-ring (bicyclic) bond motifs is 1. The SMILES string of the molecule is COc1ccc2c(c1)N(C(=O)c1ccncc1)CC(C)C2. The molecule has 1 atom stereocenters. The van der Waals surface area contributed by atoms with Gasteiger partial charge in [-0.2, -0.15) is 0 Å². The lowest BCUT2D eigenvalue weighted by molar-refractivity contribution is 0.0981. The number of hydrogen-bond acceptors (Lipinski definition) is 3. The highest BCUT2D eigenvalue weighted by molar-refractivity contribution is 6.06. The lowest BCUT2D eigenvalue weighted by Crippen LogP contribution is -2.39. The van der Waals surface area contributed by atoms with Gasteiger partial charge < -0.3 is 9.64 Å². The van der Waals surface area contributed by atoms with E-state index in [4.69, 9.17) is 4.74 Å². The van der Waals surface area contributed by atoms with Crippen molar-refractivity contribution in [2.24, 2.45) is 5.92 Å². The zero-order valence-electron chi connectivity index (χ0n) is 12.2. The van der Waals surface area contributed by atoms with Crippen molar-refractivity contribution in [1.29, 1.82) is 0 Å².